The van der Waals surface area contributed by atoms with E-state index in [0.717, 1.165) is 11.5 Å². The predicted octanol–water partition coefficient (Wildman–Crippen LogP) is 0.797. The largest absolute Gasteiger partial charge is 0.467 e. The van der Waals surface area contributed by atoms with Crippen LogP contribution in [0, 0.1) is 6.92 Å². The van der Waals surface area contributed by atoms with Gasteiger partial charge in [-0.1, -0.05) is 5.16 Å². The van der Waals surface area contributed by atoms with E-state index >= 15 is 0 Å². The standard InChI is InChI=1S/C10H13N5O3/c1-6-4-7(15-18-6)5-11-8-12-9(16-2)14-10(13-8)17-3/h4H,5H2,1-3H3,(H,11,12,13,14). The number of hydrogen-bond donors (Lipinski definition) is 1. The molecule has 8 heteroatoms. The third-order valence-corrected chi connectivity index (χ3v) is 2.06. The van der Waals surface area contributed by atoms with Gasteiger partial charge in [0.1, 0.15) is 11.5 Å². The fraction of sp³-hybridized carbons (Fsp3) is 0.400. The predicted molar refractivity (Wildman–Crippen MR) is 61.5 cm³/mol. The van der Waals surface area contributed by atoms with Crippen LogP contribution in [0.2, 0.25) is 0 Å². The Morgan fingerprint density at radius 1 is 1.17 bits per heavy atom. The molecule has 2 rings (SSSR count). The van der Waals surface area contributed by atoms with Crippen LogP contribution in [-0.2, 0) is 6.54 Å². The van der Waals surface area contributed by atoms with Crippen molar-refractivity contribution in [3.05, 3.63) is 17.5 Å². The number of aryl methyl sites for hydroxylation is 1. The maximum atomic E-state index is 4.95. The zero-order chi connectivity index (χ0) is 13.0. The maximum absolute atomic E-state index is 4.95. The van der Waals surface area contributed by atoms with Crippen molar-refractivity contribution < 1.29 is 14.0 Å². The number of rotatable bonds is 5. The fourth-order valence-electron chi connectivity index (χ4n) is 1.27. The van der Waals surface area contributed by atoms with Crippen LogP contribution in [0.1, 0.15) is 11.5 Å². The normalized spacial score (nSPS) is 10.2. The van der Waals surface area contributed by atoms with E-state index in [0.29, 0.717) is 12.5 Å². The number of ether oxygens (including phenoxy) is 2. The number of anilines is 1. The van der Waals surface area contributed by atoms with Gasteiger partial charge in [0.15, 0.2) is 0 Å². The van der Waals surface area contributed by atoms with Gasteiger partial charge in [-0.05, 0) is 6.92 Å². The highest BCUT2D eigenvalue weighted by molar-refractivity contribution is 5.28. The first kappa shape index (κ1) is 12.1. The van der Waals surface area contributed by atoms with Crippen LogP contribution in [0.4, 0.5) is 5.95 Å². The van der Waals surface area contributed by atoms with E-state index in [-0.39, 0.29) is 12.0 Å². The molecule has 8 nitrogen and oxygen atoms in total. The van der Waals surface area contributed by atoms with Crippen LogP contribution in [0.5, 0.6) is 12.0 Å². The van der Waals surface area contributed by atoms with Gasteiger partial charge in [-0.3, -0.25) is 0 Å². The molecule has 2 aromatic rings. The molecule has 0 atom stereocenters. The molecule has 1 N–H and O–H groups in total. The summed E-state index contributed by atoms with van der Waals surface area (Å²) in [6.45, 7) is 2.26. The van der Waals surface area contributed by atoms with E-state index in [1.165, 1.54) is 14.2 Å². The third-order valence-electron chi connectivity index (χ3n) is 2.06. The highest BCUT2D eigenvalue weighted by Gasteiger charge is 2.07. The van der Waals surface area contributed by atoms with E-state index in [1.807, 2.05) is 13.0 Å². The first-order valence-electron chi connectivity index (χ1n) is 5.21. The summed E-state index contributed by atoms with van der Waals surface area (Å²) in [5, 5.41) is 6.82. The van der Waals surface area contributed by atoms with Crippen molar-refractivity contribution in [2.24, 2.45) is 0 Å². The highest BCUT2D eigenvalue weighted by atomic mass is 16.5. The Kier molecular flexibility index (Phi) is 3.56. The lowest BCUT2D eigenvalue weighted by atomic mass is 10.4. The minimum absolute atomic E-state index is 0.181. The van der Waals surface area contributed by atoms with Gasteiger partial charge in [0.25, 0.3) is 0 Å². The summed E-state index contributed by atoms with van der Waals surface area (Å²) >= 11 is 0. The van der Waals surface area contributed by atoms with Gasteiger partial charge in [-0.25, -0.2) is 0 Å². The molecule has 0 aliphatic heterocycles. The smallest absolute Gasteiger partial charge is 0.324 e. The molecule has 0 spiro atoms. The molecule has 18 heavy (non-hydrogen) atoms. The third kappa shape index (κ3) is 2.84. The molecule has 0 saturated heterocycles. The molecule has 0 radical (unpaired) electrons. The molecular weight excluding hydrogens is 238 g/mol. The Morgan fingerprint density at radius 2 is 1.83 bits per heavy atom. The van der Waals surface area contributed by atoms with Gasteiger partial charge in [-0.15, -0.1) is 4.98 Å². The van der Waals surface area contributed by atoms with Crippen molar-refractivity contribution in [1.82, 2.24) is 20.1 Å². The lowest BCUT2D eigenvalue weighted by Gasteiger charge is -2.05. The summed E-state index contributed by atoms with van der Waals surface area (Å²) in [6, 6.07) is 2.18. The van der Waals surface area contributed by atoms with Crippen molar-refractivity contribution >= 4 is 5.95 Å². The number of hydrogen-bond acceptors (Lipinski definition) is 8. The van der Waals surface area contributed by atoms with Crippen molar-refractivity contribution in [2.45, 2.75) is 13.5 Å². The van der Waals surface area contributed by atoms with Crippen LogP contribution < -0.4 is 14.8 Å². The molecule has 0 fully saturated rings. The van der Waals surface area contributed by atoms with Crippen molar-refractivity contribution in [3.8, 4) is 12.0 Å². The Hall–Kier alpha value is -2.38. The van der Waals surface area contributed by atoms with Crippen molar-refractivity contribution in [3.63, 3.8) is 0 Å². The second-order valence-corrected chi connectivity index (χ2v) is 3.41. The Balaban J connectivity index is 2.08. The van der Waals surface area contributed by atoms with Crippen LogP contribution in [0.15, 0.2) is 10.6 Å². The first-order valence-corrected chi connectivity index (χ1v) is 5.21. The van der Waals surface area contributed by atoms with Gasteiger partial charge in [-0.2, -0.15) is 9.97 Å². The Bertz CT molecular complexity index is 506. The Labute approximate surface area is 103 Å². The van der Waals surface area contributed by atoms with E-state index in [1.54, 1.807) is 0 Å². The number of nitrogens with one attached hydrogen (secondary N) is 1. The minimum Gasteiger partial charge on any atom is -0.467 e. The summed E-state index contributed by atoms with van der Waals surface area (Å²) in [6.07, 6.45) is 0. The van der Waals surface area contributed by atoms with E-state index in [4.69, 9.17) is 14.0 Å². The molecule has 2 aromatic heterocycles. The van der Waals surface area contributed by atoms with Crippen molar-refractivity contribution in [1.29, 1.82) is 0 Å². The molecule has 2 heterocycles. The summed E-state index contributed by atoms with van der Waals surface area (Å²) in [4.78, 5) is 11.9. The second kappa shape index (κ2) is 5.30. The van der Waals surface area contributed by atoms with E-state index in [9.17, 15) is 0 Å². The molecule has 96 valence electrons. The lowest BCUT2D eigenvalue weighted by molar-refractivity contribution is 0.341. The van der Waals surface area contributed by atoms with Gasteiger partial charge in [0.05, 0.1) is 20.8 Å². The first-order chi connectivity index (χ1) is 8.71. The summed E-state index contributed by atoms with van der Waals surface area (Å²) in [5.41, 5.74) is 0.755. The van der Waals surface area contributed by atoms with Crippen LogP contribution >= 0.6 is 0 Å². The van der Waals surface area contributed by atoms with E-state index in [2.05, 4.69) is 25.4 Å². The molecule has 0 aliphatic rings. The van der Waals surface area contributed by atoms with Crippen LogP contribution in [0.3, 0.4) is 0 Å². The maximum Gasteiger partial charge on any atom is 0.324 e. The number of nitrogens with zero attached hydrogens (tertiary/aromatic N) is 4. The molecule has 0 unspecified atom stereocenters. The average molecular weight is 251 g/mol. The second-order valence-electron chi connectivity index (χ2n) is 3.41. The molecule has 0 aliphatic carbocycles. The van der Waals surface area contributed by atoms with Gasteiger partial charge < -0.3 is 19.3 Å². The lowest BCUT2D eigenvalue weighted by Crippen LogP contribution is -2.07. The van der Waals surface area contributed by atoms with E-state index < -0.39 is 0 Å². The summed E-state index contributed by atoms with van der Waals surface area (Å²) in [5.74, 6) is 1.09. The number of methoxy groups -OCH3 is 2. The molecule has 0 saturated carbocycles. The average Bonchev–Trinajstić information content (AvgIpc) is 2.81. The van der Waals surface area contributed by atoms with Gasteiger partial charge >= 0.3 is 12.0 Å². The monoisotopic (exact) mass is 251 g/mol. The molecule has 0 aromatic carbocycles. The highest BCUT2D eigenvalue weighted by Crippen LogP contribution is 2.12. The fourth-order valence-corrected chi connectivity index (χ4v) is 1.27. The zero-order valence-corrected chi connectivity index (χ0v) is 10.3. The number of aromatic nitrogens is 4. The molecule has 0 amide bonds. The summed E-state index contributed by atoms with van der Waals surface area (Å²) in [7, 11) is 2.94. The van der Waals surface area contributed by atoms with Crippen LogP contribution in [0.25, 0.3) is 0 Å². The van der Waals surface area contributed by atoms with Crippen molar-refractivity contribution in [2.75, 3.05) is 19.5 Å². The summed E-state index contributed by atoms with van der Waals surface area (Å²) < 4.78 is 14.8. The minimum atomic E-state index is 0.181. The SMILES string of the molecule is COc1nc(NCc2cc(C)on2)nc(OC)n1. The van der Waals surface area contributed by atoms with Gasteiger partial charge in [0.2, 0.25) is 5.95 Å². The molecular formula is C10H13N5O3. The van der Waals surface area contributed by atoms with Crippen LogP contribution in [-0.4, -0.2) is 34.3 Å². The Morgan fingerprint density at radius 3 is 2.33 bits per heavy atom. The van der Waals surface area contributed by atoms with Gasteiger partial charge in [0, 0.05) is 6.07 Å². The molecule has 0 bridgehead atoms. The zero-order valence-electron chi connectivity index (χ0n) is 10.3. The quantitative estimate of drug-likeness (QED) is 0.833. The topological polar surface area (TPSA) is 95.2 Å².